The third-order valence-electron chi connectivity index (χ3n) is 4.41. The number of rotatable bonds is 3. The first-order valence-electron chi connectivity index (χ1n) is 7.67. The normalized spacial score (nSPS) is 21.7. The van der Waals surface area contributed by atoms with Gasteiger partial charge in [-0.2, -0.15) is 4.31 Å². The molecule has 1 aromatic rings. The van der Waals surface area contributed by atoms with E-state index in [9.17, 15) is 17.6 Å². The Bertz CT molecular complexity index is 701. The Labute approximate surface area is 135 Å². The SMILES string of the molecule is NC1(C(=O)N2CCCN(S(=O)(=O)c3ccc(F)cc3)CC2)CC1. The molecule has 0 atom stereocenters. The van der Waals surface area contributed by atoms with Gasteiger partial charge in [-0.05, 0) is 43.5 Å². The Morgan fingerprint density at radius 1 is 1.09 bits per heavy atom. The van der Waals surface area contributed by atoms with Crippen LogP contribution in [0.2, 0.25) is 0 Å². The van der Waals surface area contributed by atoms with E-state index >= 15 is 0 Å². The quantitative estimate of drug-likeness (QED) is 0.870. The van der Waals surface area contributed by atoms with Crippen molar-refractivity contribution in [1.29, 1.82) is 0 Å². The average Bonchev–Trinajstić information content (AvgIpc) is 3.30. The molecule has 0 spiro atoms. The Kier molecular flexibility index (Phi) is 4.16. The summed E-state index contributed by atoms with van der Waals surface area (Å²) in [5.74, 6) is -0.562. The van der Waals surface area contributed by atoms with Crippen molar-refractivity contribution in [3.63, 3.8) is 0 Å². The highest BCUT2D eigenvalue weighted by Crippen LogP contribution is 2.34. The van der Waals surface area contributed by atoms with Crippen molar-refractivity contribution in [2.24, 2.45) is 5.73 Å². The van der Waals surface area contributed by atoms with E-state index in [0.29, 0.717) is 38.9 Å². The molecular formula is C15H20FN3O3S. The van der Waals surface area contributed by atoms with Crippen LogP contribution in [0.4, 0.5) is 4.39 Å². The number of carbonyl (C=O) groups is 1. The van der Waals surface area contributed by atoms with Gasteiger partial charge in [0.2, 0.25) is 15.9 Å². The number of benzene rings is 1. The maximum Gasteiger partial charge on any atom is 0.243 e. The summed E-state index contributed by atoms with van der Waals surface area (Å²) in [5, 5.41) is 0. The van der Waals surface area contributed by atoms with Crippen molar-refractivity contribution in [3.05, 3.63) is 30.1 Å². The smallest absolute Gasteiger partial charge is 0.243 e. The van der Waals surface area contributed by atoms with Crippen molar-refractivity contribution in [1.82, 2.24) is 9.21 Å². The summed E-state index contributed by atoms with van der Waals surface area (Å²) in [4.78, 5) is 14.0. The molecule has 0 unspecified atom stereocenters. The summed E-state index contributed by atoms with van der Waals surface area (Å²) in [6.07, 6.45) is 1.95. The minimum Gasteiger partial charge on any atom is -0.340 e. The van der Waals surface area contributed by atoms with Crippen LogP contribution >= 0.6 is 0 Å². The molecule has 1 aromatic carbocycles. The van der Waals surface area contributed by atoms with Gasteiger partial charge in [-0.1, -0.05) is 0 Å². The molecule has 3 rings (SSSR count). The van der Waals surface area contributed by atoms with Gasteiger partial charge in [0.05, 0.1) is 10.4 Å². The topological polar surface area (TPSA) is 83.7 Å². The van der Waals surface area contributed by atoms with Crippen molar-refractivity contribution in [3.8, 4) is 0 Å². The predicted octanol–water partition coefficient (Wildman–Crippen LogP) is 0.540. The molecule has 1 amide bonds. The van der Waals surface area contributed by atoms with Crippen LogP contribution < -0.4 is 5.73 Å². The van der Waals surface area contributed by atoms with Crippen LogP contribution in [0.3, 0.4) is 0 Å². The maximum atomic E-state index is 13.0. The maximum absolute atomic E-state index is 13.0. The lowest BCUT2D eigenvalue weighted by Crippen LogP contribution is -2.47. The average molecular weight is 341 g/mol. The fourth-order valence-electron chi connectivity index (χ4n) is 2.76. The largest absolute Gasteiger partial charge is 0.340 e. The van der Waals surface area contributed by atoms with Crippen molar-refractivity contribution in [2.45, 2.75) is 29.7 Å². The van der Waals surface area contributed by atoms with Gasteiger partial charge in [0.15, 0.2) is 0 Å². The van der Waals surface area contributed by atoms with Gasteiger partial charge < -0.3 is 10.6 Å². The zero-order valence-corrected chi connectivity index (χ0v) is 13.6. The third-order valence-corrected chi connectivity index (χ3v) is 6.32. The van der Waals surface area contributed by atoms with Gasteiger partial charge in [0.25, 0.3) is 0 Å². The Hall–Kier alpha value is -1.51. The van der Waals surface area contributed by atoms with Gasteiger partial charge in [-0.3, -0.25) is 4.79 Å². The second kappa shape index (κ2) is 5.85. The fourth-order valence-corrected chi connectivity index (χ4v) is 4.23. The molecule has 126 valence electrons. The van der Waals surface area contributed by atoms with E-state index in [1.807, 2.05) is 0 Å². The molecule has 2 aliphatic rings. The lowest BCUT2D eigenvalue weighted by atomic mass is 10.2. The minimum atomic E-state index is -3.67. The lowest BCUT2D eigenvalue weighted by Gasteiger charge is -2.24. The van der Waals surface area contributed by atoms with Crippen LogP contribution in [-0.4, -0.2) is 55.2 Å². The highest BCUT2D eigenvalue weighted by atomic mass is 32.2. The standard InChI is InChI=1S/C15H20FN3O3S/c16-12-2-4-13(5-3-12)23(21,22)19-9-1-8-18(10-11-19)14(20)15(17)6-7-15/h2-5H,1,6-11,17H2. The van der Waals surface area contributed by atoms with Gasteiger partial charge in [0.1, 0.15) is 5.82 Å². The minimum absolute atomic E-state index is 0.0659. The van der Waals surface area contributed by atoms with Crippen LogP contribution in [0.15, 0.2) is 29.2 Å². The highest BCUT2D eigenvalue weighted by Gasteiger charge is 2.48. The molecule has 0 aromatic heterocycles. The summed E-state index contributed by atoms with van der Waals surface area (Å²) in [5.41, 5.74) is 5.21. The van der Waals surface area contributed by atoms with Gasteiger partial charge >= 0.3 is 0 Å². The number of amides is 1. The molecule has 1 aliphatic carbocycles. The van der Waals surface area contributed by atoms with E-state index in [-0.39, 0.29) is 17.3 Å². The number of nitrogens with zero attached hydrogens (tertiary/aromatic N) is 2. The summed E-state index contributed by atoms with van der Waals surface area (Å²) in [7, 11) is -3.67. The second-order valence-corrected chi connectivity index (χ2v) is 8.10. The van der Waals surface area contributed by atoms with E-state index in [2.05, 4.69) is 0 Å². The zero-order valence-electron chi connectivity index (χ0n) is 12.7. The summed E-state index contributed by atoms with van der Waals surface area (Å²) in [6.45, 7) is 1.40. The number of carbonyl (C=O) groups excluding carboxylic acids is 1. The fraction of sp³-hybridized carbons (Fsp3) is 0.533. The first-order valence-corrected chi connectivity index (χ1v) is 9.11. The molecule has 2 N–H and O–H groups in total. The Morgan fingerprint density at radius 2 is 1.74 bits per heavy atom. The number of hydrogen-bond acceptors (Lipinski definition) is 4. The lowest BCUT2D eigenvalue weighted by molar-refractivity contribution is -0.133. The monoisotopic (exact) mass is 341 g/mol. The van der Waals surface area contributed by atoms with Crippen LogP contribution in [0.25, 0.3) is 0 Å². The molecular weight excluding hydrogens is 321 g/mol. The van der Waals surface area contributed by atoms with Crippen molar-refractivity contribution >= 4 is 15.9 Å². The van der Waals surface area contributed by atoms with Gasteiger partial charge in [0, 0.05) is 26.2 Å². The van der Waals surface area contributed by atoms with E-state index < -0.39 is 21.4 Å². The first kappa shape index (κ1) is 16.4. The highest BCUT2D eigenvalue weighted by molar-refractivity contribution is 7.89. The Balaban J connectivity index is 1.72. The van der Waals surface area contributed by atoms with Gasteiger partial charge in [-0.25, -0.2) is 12.8 Å². The van der Waals surface area contributed by atoms with E-state index in [1.54, 1.807) is 4.90 Å². The summed E-state index contributed by atoms with van der Waals surface area (Å²) < 4.78 is 39.6. The van der Waals surface area contributed by atoms with Crippen molar-refractivity contribution < 1.29 is 17.6 Å². The van der Waals surface area contributed by atoms with Crippen LogP contribution in [0.1, 0.15) is 19.3 Å². The predicted molar refractivity (Wildman–Crippen MR) is 82.5 cm³/mol. The summed E-state index contributed by atoms with van der Waals surface area (Å²) >= 11 is 0. The molecule has 6 nitrogen and oxygen atoms in total. The third kappa shape index (κ3) is 3.24. The first-order chi connectivity index (χ1) is 10.8. The number of sulfonamides is 1. The second-order valence-electron chi connectivity index (χ2n) is 6.16. The molecule has 8 heteroatoms. The Morgan fingerprint density at radius 3 is 2.35 bits per heavy atom. The van der Waals surface area contributed by atoms with Crippen LogP contribution in [0.5, 0.6) is 0 Å². The number of halogens is 1. The van der Waals surface area contributed by atoms with E-state index in [0.717, 1.165) is 12.1 Å². The number of hydrogen-bond donors (Lipinski definition) is 1. The zero-order chi connectivity index (χ0) is 16.7. The molecule has 23 heavy (non-hydrogen) atoms. The molecule has 0 bridgehead atoms. The van der Waals surface area contributed by atoms with Crippen molar-refractivity contribution in [2.75, 3.05) is 26.2 Å². The molecule has 1 saturated heterocycles. The number of nitrogens with two attached hydrogens (primary N) is 1. The molecule has 1 heterocycles. The molecule has 1 aliphatic heterocycles. The van der Waals surface area contributed by atoms with E-state index in [1.165, 1.54) is 16.4 Å². The molecule has 2 fully saturated rings. The summed E-state index contributed by atoms with van der Waals surface area (Å²) in [6, 6.07) is 4.78. The van der Waals surface area contributed by atoms with Crippen LogP contribution in [0, 0.1) is 5.82 Å². The molecule has 0 radical (unpaired) electrons. The van der Waals surface area contributed by atoms with Gasteiger partial charge in [-0.15, -0.1) is 0 Å². The van der Waals surface area contributed by atoms with Crippen LogP contribution in [-0.2, 0) is 14.8 Å². The van der Waals surface area contributed by atoms with E-state index in [4.69, 9.17) is 5.73 Å². The molecule has 1 saturated carbocycles.